The summed E-state index contributed by atoms with van der Waals surface area (Å²) in [6.07, 6.45) is 0. The molecule has 0 unspecified atom stereocenters. The van der Waals surface area contributed by atoms with Crippen molar-refractivity contribution in [1.29, 1.82) is 0 Å². The maximum Gasteiger partial charge on any atom is 0.337 e. The Morgan fingerprint density at radius 3 is 1.33 bits per heavy atom. The van der Waals surface area contributed by atoms with E-state index in [1.807, 2.05) is 0 Å². The van der Waals surface area contributed by atoms with Crippen molar-refractivity contribution in [2.75, 3.05) is 14.2 Å². The summed E-state index contributed by atoms with van der Waals surface area (Å²) in [5, 5.41) is 0. The Morgan fingerprint density at radius 1 is 0.833 bits per heavy atom. The van der Waals surface area contributed by atoms with E-state index in [2.05, 4.69) is 22.6 Å². The fraction of sp³-hybridized carbons (Fsp3) is 0.143. The summed E-state index contributed by atoms with van der Waals surface area (Å²) in [5.41, 5.74) is 1.77. The molecule has 4 nitrogen and oxygen atoms in total. The van der Waals surface area contributed by atoms with Crippen LogP contribution < -0.4 is 0 Å². The van der Waals surface area contributed by atoms with Crippen LogP contribution in [0.1, 0.15) is 11.1 Å². The van der Waals surface area contributed by atoms with E-state index in [9.17, 15) is 9.59 Å². The SMILES string of the molecule is C=C(C(=O)OC)c1ccc(C(=C)C(=O)OC)cc1. The number of benzene rings is 1. The molecular formula is C14H14O4. The van der Waals surface area contributed by atoms with E-state index in [1.165, 1.54) is 14.2 Å². The molecule has 0 saturated carbocycles. The molecule has 1 rings (SSSR count). The summed E-state index contributed by atoms with van der Waals surface area (Å²) < 4.78 is 9.14. The van der Waals surface area contributed by atoms with Crippen molar-refractivity contribution in [3.8, 4) is 0 Å². The summed E-state index contributed by atoms with van der Waals surface area (Å²) in [7, 11) is 2.59. The van der Waals surface area contributed by atoms with Gasteiger partial charge in [0.2, 0.25) is 0 Å². The van der Waals surface area contributed by atoms with E-state index in [1.54, 1.807) is 24.3 Å². The second-order valence-corrected chi connectivity index (χ2v) is 3.52. The Bertz CT molecular complexity index is 450. The third-order valence-electron chi connectivity index (χ3n) is 2.45. The van der Waals surface area contributed by atoms with Gasteiger partial charge in [-0.25, -0.2) is 9.59 Å². The average Bonchev–Trinajstić information content (AvgIpc) is 2.44. The Kier molecular flexibility index (Phi) is 4.43. The van der Waals surface area contributed by atoms with Crippen molar-refractivity contribution in [1.82, 2.24) is 0 Å². The summed E-state index contributed by atoms with van der Waals surface area (Å²) in [5.74, 6) is -0.982. The molecule has 0 atom stereocenters. The molecule has 0 heterocycles. The van der Waals surface area contributed by atoms with Crippen LogP contribution in [0, 0.1) is 0 Å². The van der Waals surface area contributed by atoms with Crippen molar-refractivity contribution in [3.63, 3.8) is 0 Å². The predicted molar refractivity (Wildman–Crippen MR) is 68.5 cm³/mol. The first kappa shape index (κ1) is 13.7. The van der Waals surface area contributed by atoms with Gasteiger partial charge in [-0.2, -0.15) is 0 Å². The monoisotopic (exact) mass is 246 g/mol. The molecular weight excluding hydrogens is 232 g/mol. The minimum absolute atomic E-state index is 0.257. The molecule has 0 aromatic heterocycles. The molecule has 0 aliphatic heterocycles. The van der Waals surface area contributed by atoms with Crippen molar-refractivity contribution < 1.29 is 19.1 Å². The number of methoxy groups -OCH3 is 2. The smallest absolute Gasteiger partial charge is 0.337 e. The molecule has 0 amide bonds. The lowest BCUT2D eigenvalue weighted by molar-refractivity contribution is -0.134. The summed E-state index contributed by atoms with van der Waals surface area (Å²) in [4.78, 5) is 22.5. The highest BCUT2D eigenvalue weighted by molar-refractivity contribution is 6.17. The lowest BCUT2D eigenvalue weighted by Crippen LogP contribution is -2.04. The fourth-order valence-corrected chi connectivity index (χ4v) is 1.35. The van der Waals surface area contributed by atoms with Gasteiger partial charge in [-0.1, -0.05) is 37.4 Å². The predicted octanol–water partition coefficient (Wildman–Crippen LogP) is 2.06. The zero-order chi connectivity index (χ0) is 13.7. The molecule has 94 valence electrons. The number of carbonyl (C=O) groups is 2. The van der Waals surface area contributed by atoms with E-state index in [-0.39, 0.29) is 11.1 Å². The number of ether oxygens (including phenoxy) is 2. The normalized spacial score (nSPS) is 9.44. The minimum atomic E-state index is -0.491. The van der Waals surface area contributed by atoms with Gasteiger partial charge in [0.25, 0.3) is 0 Å². The molecule has 0 spiro atoms. The molecule has 0 saturated heterocycles. The summed E-state index contributed by atoms with van der Waals surface area (Å²) >= 11 is 0. The van der Waals surface area contributed by atoms with Crippen LogP contribution in [0.4, 0.5) is 0 Å². The van der Waals surface area contributed by atoms with E-state index < -0.39 is 11.9 Å². The molecule has 0 bridgehead atoms. The van der Waals surface area contributed by atoms with Crippen LogP contribution in [-0.2, 0) is 19.1 Å². The number of carbonyl (C=O) groups excluding carboxylic acids is 2. The Morgan fingerprint density at radius 2 is 1.11 bits per heavy atom. The third-order valence-corrected chi connectivity index (χ3v) is 2.45. The van der Waals surface area contributed by atoms with E-state index in [0.29, 0.717) is 11.1 Å². The van der Waals surface area contributed by atoms with Gasteiger partial charge in [-0.15, -0.1) is 0 Å². The first-order valence-electron chi connectivity index (χ1n) is 5.16. The van der Waals surface area contributed by atoms with Crippen LogP contribution in [0.15, 0.2) is 37.4 Å². The highest BCUT2D eigenvalue weighted by Gasteiger charge is 2.12. The molecule has 0 fully saturated rings. The van der Waals surface area contributed by atoms with Crippen molar-refractivity contribution in [2.45, 2.75) is 0 Å². The highest BCUT2D eigenvalue weighted by Crippen LogP contribution is 2.19. The third kappa shape index (κ3) is 2.85. The van der Waals surface area contributed by atoms with E-state index in [4.69, 9.17) is 0 Å². The number of hydrogen-bond donors (Lipinski definition) is 0. The van der Waals surface area contributed by atoms with Gasteiger partial charge in [-0.05, 0) is 11.1 Å². The van der Waals surface area contributed by atoms with Gasteiger partial charge in [0.05, 0.1) is 25.4 Å². The van der Waals surface area contributed by atoms with Crippen LogP contribution in [0.2, 0.25) is 0 Å². The number of hydrogen-bond acceptors (Lipinski definition) is 4. The molecule has 1 aromatic carbocycles. The first-order valence-corrected chi connectivity index (χ1v) is 5.16. The van der Waals surface area contributed by atoms with E-state index in [0.717, 1.165) is 0 Å². The van der Waals surface area contributed by atoms with Crippen LogP contribution in [0.25, 0.3) is 11.1 Å². The Balaban J connectivity index is 2.93. The number of rotatable bonds is 4. The second-order valence-electron chi connectivity index (χ2n) is 3.52. The van der Waals surface area contributed by atoms with Crippen molar-refractivity contribution in [3.05, 3.63) is 48.6 Å². The Labute approximate surface area is 106 Å². The highest BCUT2D eigenvalue weighted by atomic mass is 16.5. The maximum atomic E-state index is 11.3. The molecule has 0 aliphatic carbocycles. The molecule has 0 N–H and O–H groups in total. The lowest BCUT2D eigenvalue weighted by atomic mass is 10.0. The van der Waals surface area contributed by atoms with Crippen LogP contribution in [-0.4, -0.2) is 26.2 Å². The standard InChI is InChI=1S/C14H14O4/c1-9(13(15)17-3)11-5-7-12(8-6-11)10(2)14(16)18-4/h5-8H,1-2H2,3-4H3. The maximum absolute atomic E-state index is 11.3. The molecule has 18 heavy (non-hydrogen) atoms. The van der Waals surface area contributed by atoms with Crippen LogP contribution >= 0.6 is 0 Å². The number of esters is 2. The minimum Gasteiger partial charge on any atom is -0.465 e. The largest absolute Gasteiger partial charge is 0.465 e. The molecule has 0 radical (unpaired) electrons. The topological polar surface area (TPSA) is 52.6 Å². The second kappa shape index (κ2) is 5.82. The molecule has 1 aromatic rings. The van der Waals surface area contributed by atoms with Gasteiger partial charge >= 0.3 is 11.9 Å². The summed E-state index contributed by atoms with van der Waals surface area (Å²) in [6, 6.07) is 6.68. The van der Waals surface area contributed by atoms with Crippen LogP contribution in [0.5, 0.6) is 0 Å². The molecule has 0 aliphatic rings. The lowest BCUT2D eigenvalue weighted by Gasteiger charge is -2.06. The van der Waals surface area contributed by atoms with Crippen LogP contribution in [0.3, 0.4) is 0 Å². The van der Waals surface area contributed by atoms with Gasteiger partial charge in [0.15, 0.2) is 0 Å². The van der Waals surface area contributed by atoms with E-state index >= 15 is 0 Å². The van der Waals surface area contributed by atoms with Crippen molar-refractivity contribution >= 4 is 23.1 Å². The van der Waals surface area contributed by atoms with Gasteiger partial charge in [0.1, 0.15) is 0 Å². The Hall–Kier alpha value is -2.36. The quantitative estimate of drug-likeness (QED) is 0.602. The van der Waals surface area contributed by atoms with Gasteiger partial charge in [-0.3, -0.25) is 0 Å². The fourth-order valence-electron chi connectivity index (χ4n) is 1.35. The summed E-state index contributed by atoms with van der Waals surface area (Å²) in [6.45, 7) is 7.27. The molecule has 4 heteroatoms. The zero-order valence-corrected chi connectivity index (χ0v) is 10.4. The average molecular weight is 246 g/mol. The van der Waals surface area contributed by atoms with Gasteiger partial charge < -0.3 is 9.47 Å². The van der Waals surface area contributed by atoms with Crippen molar-refractivity contribution in [2.24, 2.45) is 0 Å². The zero-order valence-electron chi connectivity index (χ0n) is 10.4. The first-order chi connectivity index (χ1) is 8.51. The van der Waals surface area contributed by atoms with Gasteiger partial charge in [0, 0.05) is 0 Å².